The van der Waals surface area contributed by atoms with E-state index in [9.17, 15) is 0 Å². The van der Waals surface area contributed by atoms with Gasteiger partial charge in [0.1, 0.15) is 5.60 Å². The number of epoxide rings is 2. The van der Waals surface area contributed by atoms with Crippen molar-refractivity contribution in [3.63, 3.8) is 0 Å². The van der Waals surface area contributed by atoms with E-state index in [0.717, 1.165) is 19.4 Å². The normalized spacial score (nSPS) is 48.1. The molecule has 0 aromatic heterocycles. The van der Waals surface area contributed by atoms with E-state index in [2.05, 4.69) is 26.8 Å². The Labute approximate surface area is 116 Å². The lowest BCUT2D eigenvalue weighted by atomic mass is 9.69. The monoisotopic (exact) mass is 266 g/mol. The van der Waals surface area contributed by atoms with Crippen LogP contribution in [0.2, 0.25) is 0 Å². The molecule has 3 aliphatic rings. The highest BCUT2D eigenvalue weighted by atomic mass is 16.6. The number of rotatable bonds is 4. The second-order valence-electron chi connectivity index (χ2n) is 6.81. The molecule has 0 aromatic rings. The van der Waals surface area contributed by atoms with E-state index < -0.39 is 0 Å². The summed E-state index contributed by atoms with van der Waals surface area (Å²) in [6.45, 7) is 7.43. The predicted octanol–water partition coefficient (Wildman–Crippen LogP) is 3.08. The second kappa shape index (κ2) is 4.57. The molecule has 2 saturated heterocycles. The molecule has 3 fully saturated rings. The third-order valence-corrected chi connectivity index (χ3v) is 5.18. The van der Waals surface area contributed by atoms with Gasteiger partial charge in [-0.05, 0) is 46.5 Å². The first-order chi connectivity index (χ1) is 9.02. The number of ether oxygens (including phenoxy) is 3. The number of methoxy groups -OCH3 is 1. The minimum absolute atomic E-state index is 0.0520. The first kappa shape index (κ1) is 13.6. The van der Waals surface area contributed by atoms with E-state index in [1.54, 1.807) is 0 Å². The Kier molecular flexibility index (Phi) is 3.27. The summed E-state index contributed by atoms with van der Waals surface area (Å²) >= 11 is 0. The first-order valence-corrected chi connectivity index (χ1v) is 7.50. The summed E-state index contributed by atoms with van der Waals surface area (Å²) in [5.74, 6) is 0.398. The largest absolute Gasteiger partial charge is 0.381 e. The van der Waals surface area contributed by atoms with Gasteiger partial charge in [0.05, 0.1) is 24.4 Å². The van der Waals surface area contributed by atoms with Crippen LogP contribution in [0.5, 0.6) is 0 Å². The Hall–Kier alpha value is -0.380. The van der Waals surface area contributed by atoms with Crippen molar-refractivity contribution in [2.45, 2.75) is 69.9 Å². The van der Waals surface area contributed by atoms with Crippen LogP contribution in [-0.4, -0.2) is 37.1 Å². The van der Waals surface area contributed by atoms with E-state index in [4.69, 9.17) is 14.2 Å². The molecule has 1 spiro atoms. The SMILES string of the molecule is CO[C@@H]1CCC[C@]2(CO2)[C@H]1[C@@]1(C)OC1CC=C(C)C. The fourth-order valence-corrected chi connectivity index (χ4v) is 4.00. The quantitative estimate of drug-likeness (QED) is 0.579. The zero-order valence-electron chi connectivity index (χ0n) is 12.6. The number of hydrogen-bond donors (Lipinski definition) is 0. The summed E-state index contributed by atoms with van der Waals surface area (Å²) in [6, 6.07) is 0. The Balaban J connectivity index is 1.74. The Morgan fingerprint density at radius 1 is 1.42 bits per heavy atom. The van der Waals surface area contributed by atoms with Gasteiger partial charge in [0.2, 0.25) is 0 Å². The molecule has 0 radical (unpaired) electrons. The van der Waals surface area contributed by atoms with Crippen LogP contribution in [0.1, 0.15) is 46.5 Å². The van der Waals surface area contributed by atoms with Crippen molar-refractivity contribution < 1.29 is 14.2 Å². The predicted molar refractivity (Wildman–Crippen MR) is 74.1 cm³/mol. The fourth-order valence-electron chi connectivity index (χ4n) is 4.00. The lowest BCUT2D eigenvalue weighted by molar-refractivity contribution is -0.0492. The Morgan fingerprint density at radius 3 is 2.74 bits per heavy atom. The van der Waals surface area contributed by atoms with Gasteiger partial charge in [0.15, 0.2) is 0 Å². The van der Waals surface area contributed by atoms with Gasteiger partial charge < -0.3 is 14.2 Å². The summed E-state index contributed by atoms with van der Waals surface area (Å²) in [6.07, 6.45) is 7.45. The number of hydrogen-bond acceptors (Lipinski definition) is 3. The average molecular weight is 266 g/mol. The minimum atomic E-state index is -0.0520. The van der Waals surface area contributed by atoms with Crippen LogP contribution in [0.15, 0.2) is 11.6 Å². The van der Waals surface area contributed by atoms with E-state index in [1.165, 1.54) is 18.4 Å². The molecule has 0 amide bonds. The third kappa shape index (κ3) is 2.26. The molecule has 2 heterocycles. The highest BCUT2D eigenvalue weighted by Gasteiger charge is 2.70. The molecule has 3 nitrogen and oxygen atoms in total. The lowest BCUT2D eigenvalue weighted by Gasteiger charge is -2.38. The van der Waals surface area contributed by atoms with Gasteiger partial charge in [-0.2, -0.15) is 0 Å². The highest BCUT2D eigenvalue weighted by Crippen LogP contribution is 2.59. The molecule has 108 valence electrons. The average Bonchev–Trinajstić information content (AvgIpc) is 3.26. The van der Waals surface area contributed by atoms with Crippen molar-refractivity contribution in [2.24, 2.45) is 5.92 Å². The lowest BCUT2D eigenvalue weighted by Crippen LogP contribution is -2.48. The van der Waals surface area contributed by atoms with Crippen molar-refractivity contribution in [2.75, 3.05) is 13.7 Å². The summed E-state index contributed by atoms with van der Waals surface area (Å²) in [5.41, 5.74) is 1.37. The van der Waals surface area contributed by atoms with Crippen molar-refractivity contribution >= 4 is 0 Å². The molecule has 0 bridgehead atoms. The van der Waals surface area contributed by atoms with Gasteiger partial charge in [-0.15, -0.1) is 0 Å². The van der Waals surface area contributed by atoms with Gasteiger partial charge in [-0.1, -0.05) is 11.6 Å². The van der Waals surface area contributed by atoms with Crippen LogP contribution in [0.3, 0.4) is 0 Å². The van der Waals surface area contributed by atoms with E-state index in [1.807, 2.05) is 7.11 Å². The Bertz CT molecular complexity index is 381. The highest BCUT2D eigenvalue weighted by molar-refractivity contribution is 5.19. The standard InChI is InChI=1S/C16H26O3/c1-11(2)7-8-13-15(3,19-13)14-12(17-4)6-5-9-16(14)10-18-16/h7,12-14H,5-6,8-10H2,1-4H3/t12-,13?,14-,15+,16+/m1/s1. The minimum Gasteiger partial charge on any atom is -0.381 e. The molecular weight excluding hydrogens is 240 g/mol. The maximum atomic E-state index is 6.10. The van der Waals surface area contributed by atoms with E-state index in [-0.39, 0.29) is 17.3 Å². The maximum Gasteiger partial charge on any atom is 0.100 e. The molecule has 3 heteroatoms. The smallest absolute Gasteiger partial charge is 0.100 e. The van der Waals surface area contributed by atoms with Gasteiger partial charge in [0.25, 0.3) is 0 Å². The zero-order chi connectivity index (χ0) is 13.7. The van der Waals surface area contributed by atoms with Crippen molar-refractivity contribution in [1.82, 2.24) is 0 Å². The van der Waals surface area contributed by atoms with Gasteiger partial charge in [-0.25, -0.2) is 0 Å². The van der Waals surface area contributed by atoms with Crippen LogP contribution >= 0.6 is 0 Å². The van der Waals surface area contributed by atoms with Crippen molar-refractivity contribution in [1.29, 1.82) is 0 Å². The zero-order valence-corrected chi connectivity index (χ0v) is 12.6. The number of allylic oxidation sites excluding steroid dienone is 1. The van der Waals surface area contributed by atoms with Crippen LogP contribution in [0.25, 0.3) is 0 Å². The van der Waals surface area contributed by atoms with Crippen LogP contribution in [0.4, 0.5) is 0 Å². The summed E-state index contributed by atoms with van der Waals surface area (Å²) in [5, 5.41) is 0. The van der Waals surface area contributed by atoms with Gasteiger partial charge >= 0.3 is 0 Å². The van der Waals surface area contributed by atoms with E-state index in [0.29, 0.717) is 12.0 Å². The summed E-state index contributed by atoms with van der Waals surface area (Å²) in [4.78, 5) is 0. The molecule has 19 heavy (non-hydrogen) atoms. The second-order valence-corrected chi connectivity index (χ2v) is 6.81. The van der Waals surface area contributed by atoms with Crippen LogP contribution < -0.4 is 0 Å². The molecular formula is C16H26O3. The molecule has 5 atom stereocenters. The van der Waals surface area contributed by atoms with Crippen molar-refractivity contribution in [3.8, 4) is 0 Å². The molecule has 2 aliphatic heterocycles. The molecule has 1 aliphatic carbocycles. The topological polar surface area (TPSA) is 34.3 Å². The van der Waals surface area contributed by atoms with Crippen molar-refractivity contribution in [3.05, 3.63) is 11.6 Å². The molecule has 3 rings (SSSR count). The van der Waals surface area contributed by atoms with Crippen LogP contribution in [0, 0.1) is 5.92 Å². The molecule has 1 unspecified atom stereocenters. The van der Waals surface area contributed by atoms with Gasteiger partial charge in [-0.3, -0.25) is 0 Å². The molecule has 0 aromatic carbocycles. The van der Waals surface area contributed by atoms with Crippen LogP contribution in [-0.2, 0) is 14.2 Å². The maximum absolute atomic E-state index is 6.10. The fraction of sp³-hybridized carbons (Fsp3) is 0.875. The van der Waals surface area contributed by atoms with Gasteiger partial charge in [0, 0.05) is 13.0 Å². The summed E-state index contributed by atoms with van der Waals surface area (Å²) in [7, 11) is 1.83. The Morgan fingerprint density at radius 2 is 2.16 bits per heavy atom. The molecule has 1 saturated carbocycles. The third-order valence-electron chi connectivity index (χ3n) is 5.18. The summed E-state index contributed by atoms with van der Waals surface area (Å²) < 4.78 is 17.7. The van der Waals surface area contributed by atoms with E-state index >= 15 is 0 Å². The molecule has 0 N–H and O–H groups in total. The first-order valence-electron chi connectivity index (χ1n) is 7.50.